The maximum atomic E-state index is 8.91. The van der Waals surface area contributed by atoms with Crippen LogP contribution in [-0.4, -0.2) is 47.5 Å². The lowest BCUT2D eigenvalue weighted by Gasteiger charge is -2.28. The molecule has 0 saturated carbocycles. The molecule has 3 heteroatoms. The standard InChI is InChI=1S/C11H25NO2/c1-10(2)4-6-12(7-9-14)11(3)5-8-13/h10-11,13-14H,4-9H2,1-3H3. The molecule has 0 fully saturated rings. The molecule has 0 aliphatic heterocycles. The van der Waals surface area contributed by atoms with Crippen LogP contribution in [0.2, 0.25) is 0 Å². The normalized spacial score (nSPS) is 13.9. The molecule has 0 aromatic rings. The third kappa shape index (κ3) is 6.35. The molecule has 1 atom stereocenters. The molecule has 0 bridgehead atoms. The molecule has 0 saturated heterocycles. The fourth-order valence-electron chi connectivity index (χ4n) is 1.47. The Labute approximate surface area is 87.7 Å². The zero-order valence-electron chi connectivity index (χ0n) is 9.74. The van der Waals surface area contributed by atoms with E-state index in [0.29, 0.717) is 18.5 Å². The van der Waals surface area contributed by atoms with Crippen molar-refractivity contribution in [2.24, 2.45) is 5.92 Å². The predicted molar refractivity (Wildman–Crippen MR) is 59.3 cm³/mol. The molecule has 0 aromatic heterocycles. The Balaban J connectivity index is 3.86. The Morgan fingerprint density at radius 2 is 1.57 bits per heavy atom. The highest BCUT2D eigenvalue weighted by Gasteiger charge is 2.12. The van der Waals surface area contributed by atoms with Crippen LogP contribution in [0.25, 0.3) is 0 Å². The summed E-state index contributed by atoms with van der Waals surface area (Å²) in [4.78, 5) is 2.25. The number of hydrogen-bond acceptors (Lipinski definition) is 3. The highest BCUT2D eigenvalue weighted by molar-refractivity contribution is 4.67. The van der Waals surface area contributed by atoms with Crippen molar-refractivity contribution in [3.05, 3.63) is 0 Å². The first kappa shape index (κ1) is 13.9. The molecule has 0 aromatic carbocycles. The zero-order valence-corrected chi connectivity index (χ0v) is 9.74. The van der Waals surface area contributed by atoms with Crippen LogP contribution in [0.15, 0.2) is 0 Å². The topological polar surface area (TPSA) is 43.7 Å². The molecule has 86 valence electrons. The van der Waals surface area contributed by atoms with Crippen LogP contribution in [-0.2, 0) is 0 Å². The second-order valence-electron chi connectivity index (χ2n) is 4.30. The average Bonchev–Trinajstić information content (AvgIpc) is 2.12. The van der Waals surface area contributed by atoms with E-state index in [1.54, 1.807) is 0 Å². The SMILES string of the molecule is CC(C)CCN(CCO)C(C)CCO. The van der Waals surface area contributed by atoms with Gasteiger partial charge in [-0.1, -0.05) is 13.8 Å². The molecule has 2 N–H and O–H groups in total. The van der Waals surface area contributed by atoms with Crippen molar-refractivity contribution in [2.45, 2.75) is 39.7 Å². The summed E-state index contributed by atoms with van der Waals surface area (Å²) < 4.78 is 0. The molecule has 0 amide bonds. The molecule has 0 heterocycles. The minimum absolute atomic E-state index is 0.202. The van der Waals surface area contributed by atoms with E-state index >= 15 is 0 Å². The highest BCUT2D eigenvalue weighted by atomic mass is 16.3. The molecule has 0 rings (SSSR count). The predicted octanol–water partition coefficient (Wildman–Crippen LogP) is 1.10. The number of aliphatic hydroxyl groups is 2. The Kier molecular flexibility index (Phi) is 8.14. The van der Waals surface area contributed by atoms with E-state index in [1.165, 1.54) is 0 Å². The largest absolute Gasteiger partial charge is 0.396 e. The number of rotatable bonds is 8. The first-order valence-electron chi connectivity index (χ1n) is 5.57. The van der Waals surface area contributed by atoms with Gasteiger partial charge in [0.25, 0.3) is 0 Å². The molecule has 1 unspecified atom stereocenters. The van der Waals surface area contributed by atoms with Gasteiger partial charge in [0, 0.05) is 19.2 Å². The van der Waals surface area contributed by atoms with Crippen molar-refractivity contribution in [3.8, 4) is 0 Å². The summed E-state index contributed by atoms with van der Waals surface area (Å²) in [5.41, 5.74) is 0. The molecule has 0 radical (unpaired) electrons. The van der Waals surface area contributed by atoms with Gasteiger partial charge in [-0.25, -0.2) is 0 Å². The van der Waals surface area contributed by atoms with Crippen LogP contribution >= 0.6 is 0 Å². The Morgan fingerprint density at radius 1 is 0.929 bits per heavy atom. The summed E-state index contributed by atoms with van der Waals surface area (Å²) in [6.45, 7) is 8.67. The summed E-state index contributed by atoms with van der Waals surface area (Å²) in [7, 11) is 0. The fraction of sp³-hybridized carbons (Fsp3) is 1.00. The lowest BCUT2D eigenvalue weighted by atomic mass is 10.1. The summed E-state index contributed by atoms with van der Waals surface area (Å²) in [6, 6.07) is 0.367. The summed E-state index contributed by atoms with van der Waals surface area (Å²) in [5.74, 6) is 0.692. The van der Waals surface area contributed by atoms with Gasteiger partial charge in [-0.2, -0.15) is 0 Å². The molecule has 0 spiro atoms. The number of hydrogen-bond donors (Lipinski definition) is 2. The monoisotopic (exact) mass is 203 g/mol. The van der Waals surface area contributed by atoms with Crippen molar-refractivity contribution in [1.82, 2.24) is 4.90 Å². The third-order valence-electron chi connectivity index (χ3n) is 2.55. The van der Waals surface area contributed by atoms with E-state index in [0.717, 1.165) is 19.4 Å². The van der Waals surface area contributed by atoms with Gasteiger partial charge in [0.2, 0.25) is 0 Å². The molecule has 0 aliphatic rings. The average molecular weight is 203 g/mol. The Bertz CT molecular complexity index is 128. The van der Waals surface area contributed by atoms with Gasteiger partial charge >= 0.3 is 0 Å². The van der Waals surface area contributed by atoms with E-state index < -0.39 is 0 Å². The highest BCUT2D eigenvalue weighted by Crippen LogP contribution is 2.07. The first-order chi connectivity index (χ1) is 6.61. The van der Waals surface area contributed by atoms with Crippen LogP contribution in [0.1, 0.15) is 33.6 Å². The third-order valence-corrected chi connectivity index (χ3v) is 2.55. The van der Waals surface area contributed by atoms with Gasteiger partial charge in [0.05, 0.1) is 6.61 Å². The maximum Gasteiger partial charge on any atom is 0.0558 e. The van der Waals surface area contributed by atoms with Crippen LogP contribution in [0.3, 0.4) is 0 Å². The molecule has 3 nitrogen and oxygen atoms in total. The summed E-state index contributed by atoms with van der Waals surface area (Å²) in [5, 5.41) is 17.8. The van der Waals surface area contributed by atoms with Crippen molar-refractivity contribution >= 4 is 0 Å². The van der Waals surface area contributed by atoms with Gasteiger partial charge in [0.15, 0.2) is 0 Å². The molecular weight excluding hydrogens is 178 g/mol. The summed E-state index contributed by atoms with van der Waals surface area (Å²) >= 11 is 0. The van der Waals surface area contributed by atoms with Crippen LogP contribution < -0.4 is 0 Å². The van der Waals surface area contributed by atoms with Gasteiger partial charge in [-0.15, -0.1) is 0 Å². The Morgan fingerprint density at radius 3 is 2.00 bits per heavy atom. The van der Waals surface area contributed by atoms with Gasteiger partial charge in [-0.3, -0.25) is 4.90 Å². The quantitative estimate of drug-likeness (QED) is 0.621. The van der Waals surface area contributed by atoms with Gasteiger partial charge in [-0.05, 0) is 32.2 Å². The van der Waals surface area contributed by atoms with E-state index in [-0.39, 0.29) is 13.2 Å². The molecule has 0 aliphatic carbocycles. The number of nitrogens with zero attached hydrogens (tertiary/aromatic N) is 1. The second-order valence-corrected chi connectivity index (χ2v) is 4.30. The second kappa shape index (κ2) is 8.21. The zero-order chi connectivity index (χ0) is 11.0. The van der Waals surface area contributed by atoms with Gasteiger partial charge < -0.3 is 10.2 Å². The van der Waals surface area contributed by atoms with Crippen molar-refractivity contribution in [1.29, 1.82) is 0 Å². The summed E-state index contributed by atoms with van der Waals surface area (Å²) in [6.07, 6.45) is 1.94. The Hall–Kier alpha value is -0.120. The lowest BCUT2D eigenvalue weighted by Crippen LogP contribution is -2.37. The maximum absolute atomic E-state index is 8.91. The lowest BCUT2D eigenvalue weighted by molar-refractivity contribution is 0.130. The minimum Gasteiger partial charge on any atom is -0.396 e. The van der Waals surface area contributed by atoms with E-state index in [4.69, 9.17) is 10.2 Å². The van der Waals surface area contributed by atoms with E-state index in [2.05, 4.69) is 25.7 Å². The van der Waals surface area contributed by atoms with E-state index in [1.807, 2.05) is 0 Å². The fourth-order valence-corrected chi connectivity index (χ4v) is 1.47. The molecular formula is C11H25NO2. The van der Waals surface area contributed by atoms with E-state index in [9.17, 15) is 0 Å². The van der Waals surface area contributed by atoms with Gasteiger partial charge in [0.1, 0.15) is 0 Å². The van der Waals surface area contributed by atoms with Crippen molar-refractivity contribution in [2.75, 3.05) is 26.3 Å². The van der Waals surface area contributed by atoms with Crippen LogP contribution in [0.5, 0.6) is 0 Å². The molecule has 14 heavy (non-hydrogen) atoms. The van der Waals surface area contributed by atoms with Crippen LogP contribution in [0, 0.1) is 5.92 Å². The van der Waals surface area contributed by atoms with Crippen LogP contribution in [0.4, 0.5) is 0 Å². The van der Waals surface area contributed by atoms with Crippen molar-refractivity contribution < 1.29 is 10.2 Å². The first-order valence-corrected chi connectivity index (χ1v) is 5.57. The number of aliphatic hydroxyl groups excluding tert-OH is 2. The minimum atomic E-state index is 0.202. The smallest absolute Gasteiger partial charge is 0.0558 e. The van der Waals surface area contributed by atoms with Crippen molar-refractivity contribution in [3.63, 3.8) is 0 Å².